The Morgan fingerprint density at radius 1 is 1.12 bits per heavy atom. The van der Waals surface area contributed by atoms with Crippen LogP contribution in [0.1, 0.15) is 18.4 Å². The second-order valence-electron chi connectivity index (χ2n) is 3.61. The summed E-state index contributed by atoms with van der Waals surface area (Å²) in [5, 5.41) is 0. The van der Waals surface area contributed by atoms with E-state index in [0.717, 1.165) is 30.8 Å². The molecule has 3 heteroatoms. The normalized spacial score (nSPS) is 16.6. The number of carbonyl (C=O) groups excluding carboxylic acids is 1. The molecule has 0 N–H and O–H groups in total. The van der Waals surface area contributed by atoms with Crippen molar-refractivity contribution in [3.8, 4) is 5.75 Å². The molecule has 0 saturated carbocycles. The van der Waals surface area contributed by atoms with Gasteiger partial charge >= 0.3 is 5.97 Å². The van der Waals surface area contributed by atoms with Crippen LogP contribution in [0.2, 0.25) is 0 Å². The minimum absolute atomic E-state index is 0.122. The topological polar surface area (TPSA) is 35.5 Å². The Hall–Kier alpha value is -1.77. The molecule has 0 bridgehead atoms. The molecule has 0 amide bonds. The lowest BCUT2D eigenvalue weighted by Crippen LogP contribution is -2.15. The third kappa shape index (κ3) is 2.86. The molecule has 0 atom stereocenters. The van der Waals surface area contributed by atoms with E-state index >= 15 is 0 Å². The maximum atomic E-state index is 10.8. The Balaban J connectivity index is 0.000000162. The van der Waals surface area contributed by atoms with Crippen LogP contribution in [-0.4, -0.2) is 12.6 Å². The van der Waals surface area contributed by atoms with E-state index in [1.165, 1.54) is 0 Å². The summed E-state index contributed by atoms with van der Waals surface area (Å²) in [7, 11) is 0. The van der Waals surface area contributed by atoms with Crippen molar-refractivity contribution >= 4 is 5.97 Å². The minimum Gasteiger partial charge on any atom is -0.501 e. The summed E-state index contributed by atoms with van der Waals surface area (Å²) in [6.07, 6.45) is 6.17. The first-order chi connectivity index (χ1) is 7.86. The van der Waals surface area contributed by atoms with E-state index in [1.54, 1.807) is 6.26 Å². The number of hydrogen-bond acceptors (Lipinski definition) is 3. The van der Waals surface area contributed by atoms with Gasteiger partial charge in [0.05, 0.1) is 19.3 Å². The number of esters is 1. The lowest BCUT2D eigenvalue weighted by molar-refractivity contribution is -0.135. The van der Waals surface area contributed by atoms with Crippen LogP contribution in [-0.2, 0) is 16.0 Å². The molecule has 16 heavy (non-hydrogen) atoms. The van der Waals surface area contributed by atoms with Crippen molar-refractivity contribution in [3.05, 3.63) is 42.2 Å². The van der Waals surface area contributed by atoms with Crippen molar-refractivity contribution in [3.63, 3.8) is 0 Å². The lowest BCUT2D eigenvalue weighted by Gasteiger charge is -2.13. The molecule has 1 aromatic carbocycles. The Morgan fingerprint density at radius 3 is 2.69 bits per heavy atom. The SMILES string of the molecule is C1=COCC1.O=C1CCc2ccccc2O1. The van der Waals surface area contributed by atoms with Crippen LogP contribution in [0.5, 0.6) is 5.75 Å². The maximum Gasteiger partial charge on any atom is 0.311 e. The van der Waals surface area contributed by atoms with Gasteiger partial charge in [-0.05, 0) is 24.1 Å². The van der Waals surface area contributed by atoms with Crippen LogP contribution < -0.4 is 4.74 Å². The zero-order valence-corrected chi connectivity index (χ0v) is 9.02. The van der Waals surface area contributed by atoms with E-state index in [1.807, 2.05) is 30.3 Å². The highest BCUT2D eigenvalue weighted by Crippen LogP contribution is 2.23. The van der Waals surface area contributed by atoms with Crippen LogP contribution in [0.25, 0.3) is 0 Å². The molecule has 0 aliphatic carbocycles. The average molecular weight is 218 g/mol. The summed E-state index contributed by atoms with van der Waals surface area (Å²) in [6.45, 7) is 0.889. The second-order valence-corrected chi connectivity index (χ2v) is 3.61. The monoisotopic (exact) mass is 218 g/mol. The highest BCUT2D eigenvalue weighted by Gasteiger charge is 2.15. The van der Waals surface area contributed by atoms with Gasteiger partial charge in [0.15, 0.2) is 0 Å². The van der Waals surface area contributed by atoms with Crippen LogP contribution in [0.15, 0.2) is 36.6 Å². The number of carbonyl (C=O) groups is 1. The predicted octanol–water partition coefficient (Wildman–Crippen LogP) is 2.46. The second kappa shape index (κ2) is 5.35. The van der Waals surface area contributed by atoms with E-state index in [4.69, 9.17) is 9.47 Å². The fourth-order valence-corrected chi connectivity index (χ4v) is 1.56. The maximum absolute atomic E-state index is 10.8. The number of para-hydroxylation sites is 1. The van der Waals surface area contributed by atoms with E-state index < -0.39 is 0 Å². The van der Waals surface area contributed by atoms with Crippen LogP contribution in [0.3, 0.4) is 0 Å². The summed E-state index contributed by atoms with van der Waals surface area (Å²) in [4.78, 5) is 10.8. The van der Waals surface area contributed by atoms with Crippen LogP contribution in [0, 0.1) is 0 Å². The molecule has 3 nitrogen and oxygen atoms in total. The van der Waals surface area contributed by atoms with Gasteiger partial charge in [0.25, 0.3) is 0 Å². The summed E-state index contributed by atoms with van der Waals surface area (Å²) in [5.74, 6) is 0.604. The van der Waals surface area contributed by atoms with Crippen LogP contribution >= 0.6 is 0 Å². The fraction of sp³-hybridized carbons (Fsp3) is 0.308. The predicted molar refractivity (Wildman–Crippen MR) is 60.1 cm³/mol. The summed E-state index contributed by atoms with van der Waals surface area (Å²) < 4.78 is 9.76. The van der Waals surface area contributed by atoms with Crippen molar-refractivity contribution in [1.29, 1.82) is 0 Å². The molecule has 3 rings (SSSR count). The van der Waals surface area contributed by atoms with Crippen molar-refractivity contribution in [1.82, 2.24) is 0 Å². The number of hydrogen-bond donors (Lipinski definition) is 0. The molecule has 0 fully saturated rings. The summed E-state index contributed by atoms with van der Waals surface area (Å²) in [6, 6.07) is 7.64. The molecule has 0 unspecified atom stereocenters. The van der Waals surface area contributed by atoms with Crippen molar-refractivity contribution in [2.24, 2.45) is 0 Å². The molecule has 0 saturated heterocycles. The molecule has 0 spiro atoms. The standard InChI is InChI=1S/C9H8O2.C4H6O/c10-9-6-5-7-3-1-2-4-8(7)11-9;1-2-4-5-3-1/h1-4H,5-6H2;1,3H,2,4H2. The van der Waals surface area contributed by atoms with Gasteiger partial charge in [-0.25, -0.2) is 0 Å². The lowest BCUT2D eigenvalue weighted by atomic mass is 10.1. The van der Waals surface area contributed by atoms with Crippen molar-refractivity contribution < 1.29 is 14.3 Å². The first-order valence-corrected chi connectivity index (χ1v) is 5.41. The third-order valence-electron chi connectivity index (χ3n) is 2.39. The van der Waals surface area contributed by atoms with Gasteiger partial charge in [-0.1, -0.05) is 18.2 Å². The Bertz CT molecular complexity index is 390. The molecule has 2 aliphatic heterocycles. The largest absolute Gasteiger partial charge is 0.501 e. The number of benzene rings is 1. The van der Waals surface area contributed by atoms with Gasteiger partial charge in [-0.2, -0.15) is 0 Å². The van der Waals surface area contributed by atoms with Gasteiger partial charge in [-0.3, -0.25) is 4.79 Å². The Labute approximate surface area is 94.7 Å². The summed E-state index contributed by atoms with van der Waals surface area (Å²) >= 11 is 0. The van der Waals surface area contributed by atoms with Gasteiger partial charge in [-0.15, -0.1) is 0 Å². The molecule has 0 radical (unpaired) electrons. The fourth-order valence-electron chi connectivity index (χ4n) is 1.56. The van der Waals surface area contributed by atoms with Crippen LogP contribution in [0.4, 0.5) is 0 Å². The molecule has 1 aromatic rings. The number of aryl methyl sites for hydroxylation is 1. The molecular formula is C13H14O3. The third-order valence-corrected chi connectivity index (χ3v) is 2.39. The average Bonchev–Trinajstić information content (AvgIpc) is 2.87. The molecule has 2 aliphatic rings. The van der Waals surface area contributed by atoms with E-state index in [2.05, 4.69) is 0 Å². The quantitative estimate of drug-likeness (QED) is 0.495. The number of ether oxygens (including phenoxy) is 2. The highest BCUT2D eigenvalue weighted by molar-refractivity contribution is 5.75. The van der Waals surface area contributed by atoms with Gasteiger partial charge in [0.2, 0.25) is 0 Å². The zero-order chi connectivity index (χ0) is 11.2. The van der Waals surface area contributed by atoms with E-state index in [-0.39, 0.29) is 5.97 Å². The highest BCUT2D eigenvalue weighted by atomic mass is 16.5. The first-order valence-electron chi connectivity index (χ1n) is 5.41. The van der Waals surface area contributed by atoms with E-state index in [0.29, 0.717) is 6.42 Å². The Kier molecular flexibility index (Phi) is 3.59. The molecular weight excluding hydrogens is 204 g/mol. The molecule has 2 heterocycles. The summed E-state index contributed by atoms with van der Waals surface area (Å²) in [5.41, 5.74) is 1.13. The van der Waals surface area contributed by atoms with E-state index in [9.17, 15) is 4.79 Å². The minimum atomic E-state index is -0.122. The first kappa shape index (κ1) is 10.7. The smallest absolute Gasteiger partial charge is 0.311 e. The molecule has 0 aromatic heterocycles. The zero-order valence-electron chi connectivity index (χ0n) is 9.02. The van der Waals surface area contributed by atoms with Crippen molar-refractivity contribution in [2.75, 3.05) is 6.61 Å². The van der Waals surface area contributed by atoms with Gasteiger partial charge in [0, 0.05) is 6.42 Å². The molecule has 84 valence electrons. The van der Waals surface area contributed by atoms with Crippen molar-refractivity contribution in [2.45, 2.75) is 19.3 Å². The Morgan fingerprint density at radius 2 is 2.00 bits per heavy atom. The number of fused-ring (bicyclic) bond motifs is 1. The number of rotatable bonds is 0. The van der Waals surface area contributed by atoms with Gasteiger partial charge in [0.1, 0.15) is 5.75 Å². The van der Waals surface area contributed by atoms with Gasteiger partial charge < -0.3 is 9.47 Å².